The number of primary amides is 1. The number of carbonyl (C=O) groups is 2. The van der Waals surface area contributed by atoms with E-state index in [1.54, 1.807) is 6.07 Å². The molecule has 1 heterocycles. The number of halogens is 2. The lowest BCUT2D eigenvalue weighted by atomic mass is 10.0. The third-order valence-electron chi connectivity index (χ3n) is 4.64. The van der Waals surface area contributed by atoms with Gasteiger partial charge in [0.05, 0.1) is 0 Å². The van der Waals surface area contributed by atoms with Gasteiger partial charge >= 0.3 is 12.0 Å². The van der Waals surface area contributed by atoms with E-state index in [-0.39, 0.29) is 18.7 Å². The fourth-order valence-electron chi connectivity index (χ4n) is 3.22. The van der Waals surface area contributed by atoms with Crippen LogP contribution >= 0.6 is 0 Å². The summed E-state index contributed by atoms with van der Waals surface area (Å²) in [5, 5.41) is 0. The maximum Gasteiger partial charge on any atom is 0.405 e. The van der Waals surface area contributed by atoms with Gasteiger partial charge in [-0.3, -0.25) is 4.79 Å². The minimum Gasteiger partial charge on any atom is -0.434 e. The molecule has 1 aliphatic heterocycles. The van der Waals surface area contributed by atoms with Crippen LogP contribution in [0.5, 0.6) is 0 Å². The molecular weight excluding hydrogens is 368 g/mol. The van der Waals surface area contributed by atoms with Crippen LogP contribution in [-0.4, -0.2) is 49.0 Å². The summed E-state index contributed by atoms with van der Waals surface area (Å²) in [5.74, 6) is -5.32. The van der Waals surface area contributed by atoms with Gasteiger partial charge in [-0.2, -0.15) is 8.78 Å². The number of alkyl halides is 2. The molecule has 0 bridgehead atoms. The largest absolute Gasteiger partial charge is 0.434 e. The number of carbonyl (C=O) groups excluding carboxylic acids is 2. The summed E-state index contributed by atoms with van der Waals surface area (Å²) < 4.78 is 34.6. The minimum atomic E-state index is -3.94. The van der Waals surface area contributed by atoms with Crippen LogP contribution < -0.4 is 10.6 Å². The molecule has 2 aromatic carbocycles. The highest BCUT2D eigenvalue weighted by Crippen LogP contribution is 2.36. The number of rotatable bonds is 5. The number of para-hydroxylation sites is 1. The van der Waals surface area contributed by atoms with E-state index in [9.17, 15) is 18.4 Å². The van der Waals surface area contributed by atoms with E-state index >= 15 is 0 Å². The number of amides is 2. The van der Waals surface area contributed by atoms with Gasteiger partial charge in [-0.15, -0.1) is 0 Å². The number of ether oxygens (including phenoxy) is 1. The molecule has 148 valence electrons. The van der Waals surface area contributed by atoms with Gasteiger partial charge < -0.3 is 20.3 Å². The lowest BCUT2D eigenvalue weighted by molar-refractivity contribution is -0.175. The first-order chi connectivity index (χ1) is 13.4. The van der Waals surface area contributed by atoms with Gasteiger partial charge in [-0.25, -0.2) is 4.79 Å². The predicted octanol–water partition coefficient (Wildman–Crippen LogP) is 2.81. The van der Waals surface area contributed by atoms with Gasteiger partial charge in [0.1, 0.15) is 0 Å². The van der Waals surface area contributed by atoms with Crippen molar-refractivity contribution in [2.45, 2.75) is 12.0 Å². The van der Waals surface area contributed by atoms with Gasteiger partial charge in [-0.05, 0) is 17.7 Å². The van der Waals surface area contributed by atoms with Crippen molar-refractivity contribution >= 4 is 17.7 Å². The van der Waals surface area contributed by atoms with Crippen LogP contribution in [0.25, 0.3) is 0 Å². The van der Waals surface area contributed by atoms with Crippen molar-refractivity contribution in [2.24, 2.45) is 5.73 Å². The molecule has 3 rings (SSSR count). The van der Waals surface area contributed by atoms with Crippen molar-refractivity contribution in [1.29, 1.82) is 0 Å². The van der Waals surface area contributed by atoms with Crippen molar-refractivity contribution < 1.29 is 23.1 Å². The Labute approximate surface area is 161 Å². The Morgan fingerprint density at radius 1 is 0.929 bits per heavy atom. The highest BCUT2D eigenvalue weighted by atomic mass is 19.3. The van der Waals surface area contributed by atoms with E-state index < -0.39 is 24.0 Å². The Balaban J connectivity index is 1.73. The molecule has 2 aromatic rings. The summed E-state index contributed by atoms with van der Waals surface area (Å²) in [6.45, 7) is 1.14. The van der Waals surface area contributed by atoms with E-state index in [1.165, 1.54) is 24.3 Å². The summed E-state index contributed by atoms with van der Waals surface area (Å²) in [6.07, 6.45) is -3.44. The SMILES string of the molecule is NC(=O)OC(c1ccccc1)C(F)(F)C(=O)N1CCN(c2ccccc2)CC1. The molecule has 0 saturated carbocycles. The van der Waals surface area contributed by atoms with E-state index in [2.05, 4.69) is 4.74 Å². The summed E-state index contributed by atoms with van der Waals surface area (Å²) in [4.78, 5) is 26.9. The Morgan fingerprint density at radius 2 is 1.46 bits per heavy atom. The first kappa shape index (κ1) is 19.6. The van der Waals surface area contributed by atoms with Gasteiger partial charge in [0.15, 0.2) is 0 Å². The Hall–Kier alpha value is -3.16. The van der Waals surface area contributed by atoms with Crippen molar-refractivity contribution in [3.8, 4) is 0 Å². The fourth-order valence-corrected chi connectivity index (χ4v) is 3.22. The van der Waals surface area contributed by atoms with Gasteiger partial charge in [0.25, 0.3) is 5.91 Å². The zero-order valence-electron chi connectivity index (χ0n) is 15.1. The number of nitrogens with two attached hydrogens (primary N) is 1. The van der Waals surface area contributed by atoms with Crippen LogP contribution in [0.1, 0.15) is 11.7 Å². The molecule has 1 saturated heterocycles. The summed E-state index contributed by atoms with van der Waals surface area (Å²) in [6, 6.07) is 16.9. The number of benzene rings is 2. The molecular formula is C20H21F2N3O3. The first-order valence-corrected chi connectivity index (χ1v) is 8.88. The smallest absolute Gasteiger partial charge is 0.405 e. The van der Waals surface area contributed by atoms with Crippen LogP contribution in [-0.2, 0) is 9.53 Å². The quantitative estimate of drug-likeness (QED) is 0.853. The average molecular weight is 389 g/mol. The summed E-state index contributed by atoms with van der Waals surface area (Å²) in [7, 11) is 0. The van der Waals surface area contributed by atoms with Gasteiger partial charge in [0, 0.05) is 31.9 Å². The normalized spacial score (nSPS) is 15.8. The van der Waals surface area contributed by atoms with E-state index in [0.29, 0.717) is 13.1 Å². The molecule has 0 radical (unpaired) electrons. The Bertz CT molecular complexity index is 810. The Morgan fingerprint density at radius 3 is 2.00 bits per heavy atom. The highest BCUT2D eigenvalue weighted by Gasteiger charge is 2.52. The van der Waals surface area contributed by atoms with Crippen LogP contribution in [0.3, 0.4) is 0 Å². The standard InChI is InChI=1S/C20H21F2N3O3/c21-20(22,17(28-19(23)27)15-7-3-1-4-8-15)18(26)25-13-11-24(12-14-25)16-9-5-2-6-10-16/h1-10,17H,11-14H2,(H2,23,27). The lowest BCUT2D eigenvalue weighted by Crippen LogP contribution is -2.55. The maximum absolute atomic E-state index is 15.0. The van der Waals surface area contributed by atoms with Crippen molar-refractivity contribution in [3.63, 3.8) is 0 Å². The second kappa shape index (κ2) is 8.24. The monoisotopic (exact) mass is 389 g/mol. The van der Waals surface area contributed by atoms with Crippen LogP contribution in [0.4, 0.5) is 19.3 Å². The zero-order chi connectivity index (χ0) is 20.1. The first-order valence-electron chi connectivity index (χ1n) is 8.88. The number of hydrogen-bond acceptors (Lipinski definition) is 4. The average Bonchev–Trinajstić information content (AvgIpc) is 2.72. The molecule has 2 amide bonds. The van der Waals surface area contributed by atoms with Crippen LogP contribution in [0.2, 0.25) is 0 Å². The minimum absolute atomic E-state index is 0.00238. The summed E-state index contributed by atoms with van der Waals surface area (Å²) in [5.41, 5.74) is 5.94. The number of nitrogens with zero attached hydrogens (tertiary/aromatic N) is 2. The number of piperazine rings is 1. The molecule has 0 aliphatic carbocycles. The number of hydrogen-bond donors (Lipinski definition) is 1. The highest BCUT2D eigenvalue weighted by molar-refractivity contribution is 5.85. The molecule has 0 aromatic heterocycles. The number of anilines is 1. The molecule has 8 heteroatoms. The van der Waals surface area contributed by atoms with Crippen molar-refractivity contribution in [3.05, 3.63) is 66.2 Å². The third kappa shape index (κ3) is 4.21. The van der Waals surface area contributed by atoms with Crippen molar-refractivity contribution in [1.82, 2.24) is 4.90 Å². The molecule has 1 fully saturated rings. The Kier molecular flexibility index (Phi) is 5.77. The molecule has 28 heavy (non-hydrogen) atoms. The zero-order valence-corrected chi connectivity index (χ0v) is 15.1. The molecule has 6 nitrogen and oxygen atoms in total. The predicted molar refractivity (Wildman–Crippen MR) is 100 cm³/mol. The molecule has 1 unspecified atom stereocenters. The third-order valence-corrected chi connectivity index (χ3v) is 4.64. The lowest BCUT2D eigenvalue weighted by Gasteiger charge is -2.38. The van der Waals surface area contributed by atoms with E-state index in [0.717, 1.165) is 10.6 Å². The molecule has 1 aliphatic rings. The second-order valence-electron chi connectivity index (χ2n) is 6.47. The van der Waals surface area contributed by atoms with Crippen molar-refractivity contribution in [2.75, 3.05) is 31.1 Å². The molecule has 0 spiro atoms. The second-order valence-corrected chi connectivity index (χ2v) is 6.47. The van der Waals surface area contributed by atoms with Crippen LogP contribution in [0, 0.1) is 0 Å². The topological polar surface area (TPSA) is 75.9 Å². The maximum atomic E-state index is 15.0. The van der Waals surface area contributed by atoms with Crippen LogP contribution in [0.15, 0.2) is 60.7 Å². The van der Waals surface area contributed by atoms with Gasteiger partial charge in [0.2, 0.25) is 6.10 Å². The van der Waals surface area contributed by atoms with E-state index in [4.69, 9.17) is 5.73 Å². The summed E-state index contributed by atoms with van der Waals surface area (Å²) >= 11 is 0. The molecule has 2 N–H and O–H groups in total. The molecule has 1 atom stereocenters. The van der Waals surface area contributed by atoms with E-state index in [1.807, 2.05) is 35.2 Å². The van der Waals surface area contributed by atoms with Gasteiger partial charge in [-0.1, -0.05) is 48.5 Å². The fraction of sp³-hybridized carbons (Fsp3) is 0.300.